The number of hydrogen-bond acceptors (Lipinski definition) is 5. The maximum atomic E-state index is 6.18. The van der Waals surface area contributed by atoms with Crippen LogP contribution >= 0.6 is 11.6 Å². The zero-order valence-corrected chi connectivity index (χ0v) is 17.9. The molecular formula is C24H25ClN6. The molecule has 0 unspecified atom stereocenters. The van der Waals surface area contributed by atoms with E-state index in [0.29, 0.717) is 12.1 Å². The van der Waals surface area contributed by atoms with Crippen LogP contribution in [0.2, 0.25) is 5.02 Å². The smallest absolute Gasteiger partial charge is 0.177 e. The molecule has 31 heavy (non-hydrogen) atoms. The van der Waals surface area contributed by atoms with Crippen LogP contribution in [0.1, 0.15) is 25.7 Å². The first-order valence-electron chi connectivity index (χ1n) is 10.6. The predicted octanol–water partition coefficient (Wildman–Crippen LogP) is 5.48. The van der Waals surface area contributed by atoms with Gasteiger partial charge >= 0.3 is 0 Å². The van der Waals surface area contributed by atoms with Gasteiger partial charge in [-0.15, -0.1) is 5.10 Å². The highest BCUT2D eigenvalue weighted by atomic mass is 35.5. The van der Waals surface area contributed by atoms with Crippen LogP contribution in [0, 0.1) is 0 Å². The van der Waals surface area contributed by atoms with Crippen molar-refractivity contribution in [3.8, 4) is 11.1 Å². The molecule has 5 rings (SSSR count). The van der Waals surface area contributed by atoms with Crippen molar-refractivity contribution in [2.75, 3.05) is 10.6 Å². The van der Waals surface area contributed by atoms with Crippen LogP contribution < -0.4 is 16.4 Å². The Kier molecular flexibility index (Phi) is 5.49. The van der Waals surface area contributed by atoms with Gasteiger partial charge in [-0.1, -0.05) is 35.9 Å². The molecule has 2 aromatic heterocycles. The molecule has 0 radical (unpaired) electrons. The van der Waals surface area contributed by atoms with Crippen LogP contribution in [0.25, 0.3) is 16.8 Å². The van der Waals surface area contributed by atoms with Crippen LogP contribution in [0.5, 0.6) is 0 Å². The standard InChI is InChI=1S/C24H25ClN6/c25-18-5-1-3-16(13-18)17-4-2-6-21(14-17)28-22-15-23(30-31-12-11-27-24(22)31)29-20-9-7-19(26)8-10-20/h1-6,11-15,19-20,28H,7-10,26H2,(H,29,30). The average Bonchev–Trinajstić information content (AvgIpc) is 3.25. The van der Waals surface area contributed by atoms with Crippen molar-refractivity contribution in [3.63, 3.8) is 0 Å². The van der Waals surface area contributed by atoms with Crippen LogP contribution in [0.4, 0.5) is 17.2 Å². The van der Waals surface area contributed by atoms with Crippen molar-refractivity contribution in [2.45, 2.75) is 37.8 Å². The second-order valence-electron chi connectivity index (χ2n) is 8.11. The van der Waals surface area contributed by atoms with Crippen molar-refractivity contribution in [2.24, 2.45) is 5.73 Å². The lowest BCUT2D eigenvalue weighted by atomic mass is 9.92. The topological polar surface area (TPSA) is 80.3 Å². The summed E-state index contributed by atoms with van der Waals surface area (Å²) in [5, 5.41) is 12.5. The Morgan fingerprint density at radius 2 is 1.74 bits per heavy atom. The maximum Gasteiger partial charge on any atom is 0.177 e. The van der Waals surface area contributed by atoms with Gasteiger partial charge in [0.15, 0.2) is 5.65 Å². The van der Waals surface area contributed by atoms with Crippen LogP contribution in [-0.2, 0) is 0 Å². The van der Waals surface area contributed by atoms with E-state index in [1.807, 2.05) is 42.6 Å². The van der Waals surface area contributed by atoms with E-state index in [1.54, 1.807) is 10.7 Å². The van der Waals surface area contributed by atoms with Gasteiger partial charge in [-0.25, -0.2) is 9.50 Å². The number of aromatic nitrogens is 3. The van der Waals surface area contributed by atoms with Crippen LogP contribution in [0.15, 0.2) is 67.0 Å². The molecule has 1 saturated carbocycles. The third-order valence-electron chi connectivity index (χ3n) is 5.78. The molecule has 2 aromatic carbocycles. The van der Waals surface area contributed by atoms with Gasteiger partial charge in [-0.05, 0) is 61.1 Å². The molecule has 0 amide bonds. The van der Waals surface area contributed by atoms with Gasteiger partial charge in [0.2, 0.25) is 0 Å². The number of halogens is 1. The minimum Gasteiger partial charge on any atom is -0.366 e. The number of rotatable bonds is 5. The average molecular weight is 433 g/mol. The molecule has 7 heteroatoms. The minimum absolute atomic E-state index is 0.325. The predicted molar refractivity (Wildman–Crippen MR) is 127 cm³/mol. The molecule has 0 saturated heterocycles. The fraction of sp³-hybridized carbons (Fsp3) is 0.250. The molecule has 1 aliphatic carbocycles. The van der Waals surface area contributed by atoms with Crippen LogP contribution in [-0.4, -0.2) is 26.7 Å². The SMILES string of the molecule is NC1CCC(Nc2cc(Nc3cccc(-c4cccc(Cl)c4)c3)c3nccn3n2)CC1. The van der Waals surface area contributed by atoms with Gasteiger partial charge in [0.25, 0.3) is 0 Å². The summed E-state index contributed by atoms with van der Waals surface area (Å²) in [6, 6.07) is 18.9. The number of benzene rings is 2. The molecule has 2 heterocycles. The van der Waals surface area contributed by atoms with Gasteiger partial charge in [0.05, 0.1) is 5.69 Å². The van der Waals surface area contributed by atoms with E-state index in [-0.39, 0.29) is 0 Å². The Hall–Kier alpha value is -3.09. The number of nitrogens with zero attached hydrogens (tertiary/aromatic N) is 3. The van der Waals surface area contributed by atoms with Crippen molar-refractivity contribution in [1.82, 2.24) is 14.6 Å². The van der Waals surface area contributed by atoms with E-state index in [4.69, 9.17) is 17.3 Å². The first-order valence-corrected chi connectivity index (χ1v) is 11.0. The highest BCUT2D eigenvalue weighted by Gasteiger charge is 2.19. The summed E-state index contributed by atoms with van der Waals surface area (Å²) in [4.78, 5) is 4.48. The number of hydrogen-bond donors (Lipinski definition) is 3. The third kappa shape index (κ3) is 4.50. The Bertz CT molecular complexity index is 1200. The summed E-state index contributed by atoms with van der Waals surface area (Å²) in [7, 11) is 0. The number of fused-ring (bicyclic) bond motifs is 1. The van der Waals surface area contributed by atoms with E-state index in [9.17, 15) is 0 Å². The van der Waals surface area contributed by atoms with Crippen molar-refractivity contribution < 1.29 is 0 Å². The van der Waals surface area contributed by atoms with Crippen molar-refractivity contribution >= 4 is 34.4 Å². The summed E-state index contributed by atoms with van der Waals surface area (Å²) in [5.74, 6) is 0.833. The third-order valence-corrected chi connectivity index (χ3v) is 6.02. The summed E-state index contributed by atoms with van der Waals surface area (Å²) < 4.78 is 1.81. The lowest BCUT2D eigenvalue weighted by Gasteiger charge is -2.27. The first kappa shape index (κ1) is 19.8. The first-order chi connectivity index (χ1) is 15.1. The van der Waals surface area contributed by atoms with Gasteiger partial charge in [-0.3, -0.25) is 0 Å². The Morgan fingerprint density at radius 1 is 0.968 bits per heavy atom. The highest BCUT2D eigenvalue weighted by Crippen LogP contribution is 2.29. The lowest BCUT2D eigenvalue weighted by Crippen LogP contribution is -2.33. The van der Waals surface area contributed by atoms with Gasteiger partial charge in [-0.2, -0.15) is 0 Å². The molecule has 1 fully saturated rings. The van der Waals surface area contributed by atoms with Gasteiger partial charge in [0.1, 0.15) is 5.82 Å². The number of nitrogens with one attached hydrogen (secondary N) is 2. The second-order valence-corrected chi connectivity index (χ2v) is 8.55. The molecular weight excluding hydrogens is 408 g/mol. The molecule has 4 N–H and O–H groups in total. The van der Waals surface area contributed by atoms with Crippen LogP contribution in [0.3, 0.4) is 0 Å². The second kappa shape index (κ2) is 8.57. The maximum absolute atomic E-state index is 6.18. The Labute approximate surface area is 186 Å². The van der Waals surface area contributed by atoms with Gasteiger partial charge < -0.3 is 16.4 Å². The Balaban J connectivity index is 1.42. The fourth-order valence-corrected chi connectivity index (χ4v) is 4.34. The summed E-state index contributed by atoms with van der Waals surface area (Å²) in [5.41, 5.74) is 10.9. The summed E-state index contributed by atoms with van der Waals surface area (Å²) >= 11 is 6.18. The summed E-state index contributed by atoms with van der Waals surface area (Å²) in [6.45, 7) is 0. The number of imidazole rings is 1. The molecule has 0 atom stereocenters. The molecule has 0 spiro atoms. The van der Waals surface area contributed by atoms with Gasteiger partial charge in [0, 0.05) is 41.3 Å². The molecule has 158 valence electrons. The van der Waals surface area contributed by atoms with Crippen molar-refractivity contribution in [1.29, 1.82) is 0 Å². The zero-order valence-electron chi connectivity index (χ0n) is 17.1. The van der Waals surface area contributed by atoms with E-state index in [1.165, 1.54) is 0 Å². The number of anilines is 3. The van der Waals surface area contributed by atoms with Crippen molar-refractivity contribution in [3.05, 3.63) is 72.0 Å². The van der Waals surface area contributed by atoms with E-state index >= 15 is 0 Å². The molecule has 0 bridgehead atoms. The Morgan fingerprint density at radius 3 is 2.55 bits per heavy atom. The fourth-order valence-electron chi connectivity index (χ4n) is 4.15. The molecule has 6 nitrogen and oxygen atoms in total. The minimum atomic E-state index is 0.325. The summed E-state index contributed by atoms with van der Waals surface area (Å²) in [6.07, 6.45) is 7.85. The zero-order chi connectivity index (χ0) is 21.2. The monoisotopic (exact) mass is 432 g/mol. The van der Waals surface area contributed by atoms with E-state index < -0.39 is 0 Å². The highest BCUT2D eigenvalue weighted by molar-refractivity contribution is 6.30. The quantitative estimate of drug-likeness (QED) is 0.389. The molecule has 0 aliphatic heterocycles. The van der Waals surface area contributed by atoms with E-state index in [2.05, 4.69) is 38.9 Å². The lowest BCUT2D eigenvalue weighted by molar-refractivity contribution is 0.410. The normalized spacial score (nSPS) is 18.8. The van der Waals surface area contributed by atoms with E-state index in [0.717, 1.165) is 64.7 Å². The number of nitrogens with two attached hydrogens (primary N) is 1. The molecule has 1 aliphatic rings. The largest absolute Gasteiger partial charge is 0.366 e. The molecule has 4 aromatic rings.